The highest BCUT2D eigenvalue weighted by Crippen LogP contribution is 2.01. The van der Waals surface area contributed by atoms with Crippen molar-refractivity contribution in [2.45, 2.75) is 6.92 Å². The first-order chi connectivity index (χ1) is 5.99. The SMILES string of the molecule is CON(C)C(=O)[C@H](C)COC(N)=O. The van der Waals surface area contributed by atoms with Crippen LogP contribution in [0.15, 0.2) is 0 Å². The Morgan fingerprint density at radius 3 is 2.46 bits per heavy atom. The zero-order chi connectivity index (χ0) is 10.4. The van der Waals surface area contributed by atoms with Crippen molar-refractivity contribution in [3.05, 3.63) is 0 Å². The molecule has 2 N–H and O–H groups in total. The summed E-state index contributed by atoms with van der Waals surface area (Å²) in [6.07, 6.45) is -0.889. The molecule has 0 fully saturated rings. The number of hydrogen-bond acceptors (Lipinski definition) is 4. The number of primary amides is 1. The molecule has 0 rings (SSSR count). The fourth-order valence-corrected chi connectivity index (χ4v) is 0.679. The Morgan fingerprint density at radius 1 is 1.54 bits per heavy atom. The lowest BCUT2D eigenvalue weighted by Gasteiger charge is -2.17. The minimum absolute atomic E-state index is 0.0398. The number of amides is 2. The molecule has 0 spiro atoms. The van der Waals surface area contributed by atoms with E-state index in [0.717, 1.165) is 5.06 Å². The van der Waals surface area contributed by atoms with Crippen LogP contribution >= 0.6 is 0 Å². The lowest BCUT2D eigenvalue weighted by molar-refractivity contribution is -0.173. The summed E-state index contributed by atoms with van der Waals surface area (Å²) in [5.74, 6) is -0.735. The van der Waals surface area contributed by atoms with Crippen LogP contribution in [0.4, 0.5) is 4.79 Å². The second-order valence-corrected chi connectivity index (χ2v) is 2.55. The maximum atomic E-state index is 11.3. The second-order valence-electron chi connectivity index (χ2n) is 2.55. The molecule has 1 atom stereocenters. The molecule has 0 bridgehead atoms. The van der Waals surface area contributed by atoms with Crippen LogP contribution in [0.2, 0.25) is 0 Å². The maximum Gasteiger partial charge on any atom is 0.404 e. The van der Waals surface area contributed by atoms with Gasteiger partial charge in [-0.05, 0) is 0 Å². The lowest BCUT2D eigenvalue weighted by Crippen LogP contribution is -2.33. The monoisotopic (exact) mass is 190 g/mol. The summed E-state index contributed by atoms with van der Waals surface area (Å²) in [4.78, 5) is 26.1. The van der Waals surface area contributed by atoms with E-state index in [-0.39, 0.29) is 12.5 Å². The van der Waals surface area contributed by atoms with Crippen molar-refractivity contribution >= 4 is 12.0 Å². The molecule has 0 saturated carbocycles. The molecule has 76 valence electrons. The first-order valence-corrected chi connectivity index (χ1v) is 3.73. The van der Waals surface area contributed by atoms with Crippen LogP contribution in [0.3, 0.4) is 0 Å². The van der Waals surface area contributed by atoms with Crippen LogP contribution < -0.4 is 5.73 Å². The van der Waals surface area contributed by atoms with Gasteiger partial charge in [-0.3, -0.25) is 9.63 Å². The average Bonchev–Trinajstić information content (AvgIpc) is 2.11. The highest BCUT2D eigenvalue weighted by molar-refractivity contribution is 5.77. The molecule has 6 nitrogen and oxygen atoms in total. The zero-order valence-electron chi connectivity index (χ0n) is 7.94. The quantitative estimate of drug-likeness (QED) is 0.619. The highest BCUT2D eigenvalue weighted by atomic mass is 16.7. The second kappa shape index (κ2) is 5.36. The third-order valence-corrected chi connectivity index (χ3v) is 1.48. The van der Waals surface area contributed by atoms with Gasteiger partial charge >= 0.3 is 6.09 Å². The average molecular weight is 190 g/mol. The minimum Gasteiger partial charge on any atom is -0.449 e. The lowest BCUT2D eigenvalue weighted by atomic mass is 10.2. The third-order valence-electron chi connectivity index (χ3n) is 1.48. The Kier molecular flexibility index (Phi) is 4.83. The number of hydrogen-bond donors (Lipinski definition) is 1. The van der Waals surface area contributed by atoms with E-state index in [9.17, 15) is 9.59 Å². The first kappa shape index (κ1) is 11.7. The molecule has 2 amide bonds. The topological polar surface area (TPSA) is 81.9 Å². The van der Waals surface area contributed by atoms with Gasteiger partial charge < -0.3 is 10.5 Å². The Bertz CT molecular complexity index is 195. The van der Waals surface area contributed by atoms with Crippen LogP contribution in [-0.2, 0) is 14.4 Å². The van der Waals surface area contributed by atoms with Crippen molar-refractivity contribution in [1.29, 1.82) is 0 Å². The number of rotatable bonds is 4. The number of nitrogens with zero attached hydrogens (tertiary/aromatic N) is 1. The molecule has 0 aliphatic heterocycles. The first-order valence-electron chi connectivity index (χ1n) is 3.73. The summed E-state index contributed by atoms with van der Waals surface area (Å²) in [7, 11) is 2.85. The van der Waals surface area contributed by atoms with E-state index in [1.807, 2.05) is 0 Å². The van der Waals surface area contributed by atoms with Gasteiger partial charge in [0.2, 0.25) is 0 Å². The maximum absolute atomic E-state index is 11.3. The van der Waals surface area contributed by atoms with Gasteiger partial charge in [-0.15, -0.1) is 0 Å². The molecule has 6 heteroatoms. The molecule has 13 heavy (non-hydrogen) atoms. The van der Waals surface area contributed by atoms with Crippen molar-refractivity contribution in [2.75, 3.05) is 20.8 Å². The van der Waals surface area contributed by atoms with Crippen LogP contribution in [0.5, 0.6) is 0 Å². The summed E-state index contributed by atoms with van der Waals surface area (Å²) < 4.78 is 4.46. The highest BCUT2D eigenvalue weighted by Gasteiger charge is 2.18. The van der Waals surface area contributed by atoms with Crippen LogP contribution in [0.1, 0.15) is 6.92 Å². The molecule has 0 aromatic rings. The molecular formula is C7H14N2O4. The van der Waals surface area contributed by atoms with E-state index in [4.69, 9.17) is 5.73 Å². The molecule has 0 radical (unpaired) electrons. The summed E-state index contributed by atoms with van der Waals surface area (Å²) in [5, 5.41) is 1.06. The van der Waals surface area contributed by atoms with E-state index in [2.05, 4.69) is 9.57 Å². The van der Waals surface area contributed by atoms with Gasteiger partial charge in [-0.1, -0.05) is 6.92 Å². The van der Waals surface area contributed by atoms with Gasteiger partial charge in [0.05, 0.1) is 13.0 Å². The Morgan fingerprint density at radius 2 is 2.08 bits per heavy atom. The third kappa shape index (κ3) is 4.32. The molecule has 0 unspecified atom stereocenters. The fraction of sp³-hybridized carbons (Fsp3) is 0.714. The zero-order valence-corrected chi connectivity index (χ0v) is 7.94. The number of carbonyl (C=O) groups excluding carboxylic acids is 2. The predicted octanol–water partition coefficient (Wildman–Crippen LogP) is -0.262. The van der Waals surface area contributed by atoms with Crippen molar-refractivity contribution in [3.63, 3.8) is 0 Å². The Hall–Kier alpha value is -1.30. The molecule has 0 aromatic heterocycles. The van der Waals surface area contributed by atoms with Crippen molar-refractivity contribution < 1.29 is 19.2 Å². The standard InChI is InChI=1S/C7H14N2O4/c1-5(4-13-7(8)11)6(10)9(2)12-3/h5H,4H2,1-3H3,(H2,8,11)/t5-/m1/s1. The normalized spacial score (nSPS) is 11.9. The van der Waals surface area contributed by atoms with Crippen molar-refractivity contribution in [1.82, 2.24) is 5.06 Å². The molecular weight excluding hydrogens is 176 g/mol. The molecule has 0 heterocycles. The van der Waals surface area contributed by atoms with Gasteiger partial charge in [0.1, 0.15) is 6.61 Å². The van der Waals surface area contributed by atoms with E-state index in [1.54, 1.807) is 6.92 Å². The van der Waals surface area contributed by atoms with Crippen molar-refractivity contribution in [2.24, 2.45) is 11.7 Å². The fourth-order valence-electron chi connectivity index (χ4n) is 0.679. The minimum atomic E-state index is -0.889. The number of carbonyl (C=O) groups is 2. The van der Waals surface area contributed by atoms with Gasteiger partial charge in [-0.2, -0.15) is 0 Å². The van der Waals surface area contributed by atoms with Crippen LogP contribution in [0.25, 0.3) is 0 Å². The largest absolute Gasteiger partial charge is 0.449 e. The van der Waals surface area contributed by atoms with E-state index < -0.39 is 12.0 Å². The van der Waals surface area contributed by atoms with Crippen LogP contribution in [0, 0.1) is 5.92 Å². The van der Waals surface area contributed by atoms with Crippen LogP contribution in [-0.4, -0.2) is 37.8 Å². The summed E-state index contributed by atoms with van der Waals surface area (Å²) >= 11 is 0. The Labute approximate surface area is 76.5 Å². The predicted molar refractivity (Wildman–Crippen MR) is 44.5 cm³/mol. The van der Waals surface area contributed by atoms with E-state index in [0.29, 0.717) is 0 Å². The molecule has 0 aliphatic carbocycles. The number of nitrogens with two attached hydrogens (primary N) is 1. The smallest absolute Gasteiger partial charge is 0.404 e. The van der Waals surface area contributed by atoms with E-state index >= 15 is 0 Å². The van der Waals surface area contributed by atoms with Crippen molar-refractivity contribution in [3.8, 4) is 0 Å². The van der Waals surface area contributed by atoms with Gasteiger partial charge in [0.25, 0.3) is 5.91 Å². The summed E-state index contributed by atoms with van der Waals surface area (Å²) in [5.41, 5.74) is 4.73. The van der Waals surface area contributed by atoms with Gasteiger partial charge in [0.15, 0.2) is 0 Å². The summed E-state index contributed by atoms with van der Waals surface area (Å²) in [6, 6.07) is 0. The Balaban J connectivity index is 3.89. The molecule has 0 saturated heterocycles. The molecule has 0 aromatic carbocycles. The number of ether oxygens (including phenoxy) is 1. The number of hydroxylamine groups is 2. The molecule has 0 aliphatic rings. The van der Waals surface area contributed by atoms with E-state index in [1.165, 1.54) is 14.2 Å². The summed E-state index contributed by atoms with van der Waals surface area (Å²) in [6.45, 7) is 1.57. The van der Waals surface area contributed by atoms with Gasteiger partial charge in [0, 0.05) is 7.05 Å². The van der Waals surface area contributed by atoms with Gasteiger partial charge in [-0.25, -0.2) is 9.86 Å².